The SMILES string of the molecule is O=C(C(c1ccccc1F)N1CCOCC1)N1CC(C2CCOCC2)C1. The number of hydrogen-bond acceptors (Lipinski definition) is 4. The van der Waals surface area contributed by atoms with E-state index < -0.39 is 6.04 Å². The second kappa shape index (κ2) is 8.03. The molecule has 3 saturated heterocycles. The first-order valence-electron chi connectivity index (χ1n) is 9.67. The molecule has 3 fully saturated rings. The molecule has 0 radical (unpaired) electrons. The Kier molecular flexibility index (Phi) is 5.52. The third kappa shape index (κ3) is 3.63. The minimum atomic E-state index is -0.546. The van der Waals surface area contributed by atoms with Crippen LogP contribution in [0, 0.1) is 17.7 Å². The summed E-state index contributed by atoms with van der Waals surface area (Å²) in [4.78, 5) is 17.2. The van der Waals surface area contributed by atoms with Crippen LogP contribution in [0.25, 0.3) is 0 Å². The van der Waals surface area contributed by atoms with E-state index in [-0.39, 0.29) is 11.7 Å². The molecule has 26 heavy (non-hydrogen) atoms. The van der Waals surface area contributed by atoms with Crippen molar-refractivity contribution < 1.29 is 18.7 Å². The van der Waals surface area contributed by atoms with Crippen LogP contribution >= 0.6 is 0 Å². The molecule has 3 aliphatic rings. The van der Waals surface area contributed by atoms with Gasteiger partial charge in [0.15, 0.2) is 0 Å². The molecule has 3 heterocycles. The van der Waals surface area contributed by atoms with Crippen LogP contribution in [0.15, 0.2) is 24.3 Å². The molecular formula is C20H27FN2O3. The molecule has 1 aromatic carbocycles. The monoisotopic (exact) mass is 362 g/mol. The van der Waals surface area contributed by atoms with Gasteiger partial charge < -0.3 is 14.4 Å². The number of halogens is 1. The van der Waals surface area contributed by atoms with Crippen LogP contribution in [0.1, 0.15) is 24.4 Å². The Bertz CT molecular complexity index is 623. The molecule has 5 nitrogen and oxygen atoms in total. The molecule has 4 rings (SSSR count). The predicted molar refractivity (Wildman–Crippen MR) is 95.1 cm³/mol. The van der Waals surface area contributed by atoms with Crippen molar-refractivity contribution in [2.24, 2.45) is 11.8 Å². The number of nitrogens with zero attached hydrogens (tertiary/aromatic N) is 2. The number of likely N-dealkylation sites (tertiary alicyclic amines) is 1. The van der Waals surface area contributed by atoms with Crippen molar-refractivity contribution in [3.8, 4) is 0 Å². The van der Waals surface area contributed by atoms with E-state index in [9.17, 15) is 9.18 Å². The number of ether oxygens (including phenoxy) is 2. The van der Waals surface area contributed by atoms with Crippen molar-refractivity contribution in [3.05, 3.63) is 35.6 Å². The Hall–Kier alpha value is -1.50. The fourth-order valence-electron chi connectivity index (χ4n) is 4.37. The maximum absolute atomic E-state index is 14.5. The summed E-state index contributed by atoms with van der Waals surface area (Å²) in [7, 11) is 0. The van der Waals surface area contributed by atoms with Gasteiger partial charge >= 0.3 is 0 Å². The van der Waals surface area contributed by atoms with Crippen LogP contribution in [0.2, 0.25) is 0 Å². The number of morpholine rings is 1. The Morgan fingerprint density at radius 1 is 1.00 bits per heavy atom. The zero-order chi connectivity index (χ0) is 17.9. The zero-order valence-electron chi connectivity index (χ0n) is 15.1. The van der Waals surface area contributed by atoms with Gasteiger partial charge in [-0.2, -0.15) is 0 Å². The summed E-state index contributed by atoms with van der Waals surface area (Å²) in [5.74, 6) is 0.941. The first kappa shape index (κ1) is 17.9. The van der Waals surface area contributed by atoms with Crippen molar-refractivity contribution in [2.75, 3.05) is 52.6 Å². The van der Waals surface area contributed by atoms with E-state index in [1.807, 2.05) is 4.90 Å². The average molecular weight is 362 g/mol. The van der Waals surface area contributed by atoms with Gasteiger partial charge in [0, 0.05) is 45.0 Å². The van der Waals surface area contributed by atoms with Crippen LogP contribution in [-0.2, 0) is 14.3 Å². The maximum atomic E-state index is 14.5. The lowest BCUT2D eigenvalue weighted by Crippen LogP contribution is -2.57. The molecule has 0 N–H and O–H groups in total. The third-order valence-corrected chi connectivity index (χ3v) is 6.00. The van der Waals surface area contributed by atoms with Gasteiger partial charge in [-0.15, -0.1) is 0 Å². The number of hydrogen-bond donors (Lipinski definition) is 0. The highest BCUT2D eigenvalue weighted by Gasteiger charge is 2.41. The number of carbonyl (C=O) groups is 1. The Morgan fingerprint density at radius 3 is 2.35 bits per heavy atom. The van der Waals surface area contributed by atoms with Gasteiger partial charge in [-0.3, -0.25) is 9.69 Å². The van der Waals surface area contributed by atoms with E-state index in [0.29, 0.717) is 43.7 Å². The Labute approximate surface area is 154 Å². The standard InChI is InChI=1S/C20H27FN2O3/c21-18-4-2-1-3-17(18)19(22-7-11-26-12-8-22)20(24)23-13-16(14-23)15-5-9-25-10-6-15/h1-4,15-16,19H,5-14H2. The largest absolute Gasteiger partial charge is 0.381 e. The molecule has 142 valence electrons. The number of amides is 1. The van der Waals surface area contributed by atoms with Crippen LogP contribution in [0.5, 0.6) is 0 Å². The van der Waals surface area contributed by atoms with E-state index in [1.54, 1.807) is 18.2 Å². The van der Waals surface area contributed by atoms with Crippen molar-refractivity contribution in [2.45, 2.75) is 18.9 Å². The molecule has 0 bridgehead atoms. The molecule has 1 aromatic rings. The van der Waals surface area contributed by atoms with E-state index in [0.717, 1.165) is 39.1 Å². The van der Waals surface area contributed by atoms with Crippen LogP contribution in [-0.4, -0.2) is 68.3 Å². The molecule has 1 atom stereocenters. The lowest BCUT2D eigenvalue weighted by Gasteiger charge is -2.47. The summed E-state index contributed by atoms with van der Waals surface area (Å²) in [6, 6.07) is 6.11. The molecule has 6 heteroatoms. The van der Waals surface area contributed by atoms with E-state index >= 15 is 0 Å². The van der Waals surface area contributed by atoms with Gasteiger partial charge in [0.2, 0.25) is 5.91 Å². The molecule has 0 aromatic heterocycles. The van der Waals surface area contributed by atoms with E-state index in [4.69, 9.17) is 9.47 Å². The van der Waals surface area contributed by atoms with E-state index in [2.05, 4.69) is 4.90 Å². The summed E-state index contributed by atoms with van der Waals surface area (Å²) >= 11 is 0. The summed E-state index contributed by atoms with van der Waals surface area (Å²) in [5.41, 5.74) is 0.480. The van der Waals surface area contributed by atoms with Gasteiger partial charge in [-0.25, -0.2) is 4.39 Å². The average Bonchev–Trinajstić information content (AvgIpc) is 2.64. The molecule has 0 aliphatic carbocycles. The second-order valence-electron chi connectivity index (χ2n) is 7.53. The predicted octanol–water partition coefficient (Wildman–Crippen LogP) is 2.08. The maximum Gasteiger partial charge on any atom is 0.244 e. The second-order valence-corrected chi connectivity index (χ2v) is 7.53. The lowest BCUT2D eigenvalue weighted by atomic mass is 9.80. The van der Waals surface area contributed by atoms with Gasteiger partial charge in [0.05, 0.1) is 13.2 Å². The molecular weight excluding hydrogens is 335 g/mol. The highest BCUT2D eigenvalue weighted by molar-refractivity contribution is 5.84. The van der Waals surface area contributed by atoms with E-state index in [1.165, 1.54) is 6.07 Å². The van der Waals surface area contributed by atoms with Crippen molar-refractivity contribution in [3.63, 3.8) is 0 Å². The molecule has 0 spiro atoms. The lowest BCUT2D eigenvalue weighted by molar-refractivity contribution is -0.148. The summed E-state index contributed by atoms with van der Waals surface area (Å²) in [5, 5.41) is 0. The highest BCUT2D eigenvalue weighted by atomic mass is 19.1. The van der Waals surface area contributed by atoms with Gasteiger partial charge in [-0.05, 0) is 30.7 Å². The van der Waals surface area contributed by atoms with Gasteiger partial charge in [0.1, 0.15) is 11.9 Å². The zero-order valence-corrected chi connectivity index (χ0v) is 15.1. The van der Waals surface area contributed by atoms with Crippen LogP contribution in [0.4, 0.5) is 4.39 Å². The number of rotatable bonds is 4. The molecule has 1 amide bonds. The summed E-state index contributed by atoms with van der Waals surface area (Å²) in [6.45, 7) is 5.73. The first-order valence-corrected chi connectivity index (χ1v) is 9.67. The Morgan fingerprint density at radius 2 is 1.65 bits per heavy atom. The third-order valence-electron chi connectivity index (χ3n) is 6.00. The minimum absolute atomic E-state index is 0.0281. The highest BCUT2D eigenvalue weighted by Crippen LogP contribution is 2.34. The Balaban J connectivity index is 1.47. The fraction of sp³-hybridized carbons (Fsp3) is 0.650. The van der Waals surface area contributed by atoms with Crippen molar-refractivity contribution >= 4 is 5.91 Å². The number of carbonyl (C=O) groups excluding carboxylic acids is 1. The van der Waals surface area contributed by atoms with Crippen molar-refractivity contribution in [1.29, 1.82) is 0 Å². The van der Waals surface area contributed by atoms with Crippen molar-refractivity contribution in [1.82, 2.24) is 9.80 Å². The van der Waals surface area contributed by atoms with Gasteiger partial charge in [-0.1, -0.05) is 18.2 Å². The van der Waals surface area contributed by atoms with Crippen LogP contribution < -0.4 is 0 Å². The summed E-state index contributed by atoms with van der Waals surface area (Å²) < 4.78 is 25.3. The quantitative estimate of drug-likeness (QED) is 0.823. The topological polar surface area (TPSA) is 42.0 Å². The smallest absolute Gasteiger partial charge is 0.244 e. The molecule has 0 saturated carbocycles. The molecule has 1 unspecified atom stereocenters. The number of benzene rings is 1. The normalized spacial score (nSPS) is 24.3. The minimum Gasteiger partial charge on any atom is -0.381 e. The van der Waals surface area contributed by atoms with Gasteiger partial charge in [0.25, 0.3) is 0 Å². The first-order chi connectivity index (χ1) is 12.7. The van der Waals surface area contributed by atoms with Crippen LogP contribution in [0.3, 0.4) is 0 Å². The molecule has 3 aliphatic heterocycles. The fourth-order valence-corrected chi connectivity index (χ4v) is 4.37. The summed E-state index contributed by atoms with van der Waals surface area (Å²) in [6.07, 6.45) is 2.18.